The first kappa shape index (κ1) is 12.5. The van der Waals surface area contributed by atoms with E-state index in [1.54, 1.807) is 6.92 Å². The zero-order valence-electron chi connectivity index (χ0n) is 6.45. The van der Waals surface area contributed by atoms with Crippen LogP contribution in [0, 0.1) is 0 Å². The maximum absolute atomic E-state index is 8.24. The molecule has 1 unspecified atom stereocenters. The zero-order valence-corrected chi connectivity index (χ0v) is 6.45. The fourth-order valence-corrected chi connectivity index (χ4v) is 0.0913. The maximum atomic E-state index is 8.24. The molecule has 4 heteroatoms. The topological polar surface area (TPSA) is 92.5 Å². The summed E-state index contributed by atoms with van der Waals surface area (Å²) in [6, 6.07) is 0. The van der Waals surface area contributed by atoms with Crippen molar-refractivity contribution in [3.8, 4) is 0 Å². The highest BCUT2D eigenvalue weighted by Gasteiger charge is 1.81. The van der Waals surface area contributed by atoms with Crippen LogP contribution in [0.2, 0.25) is 0 Å². The average Bonchev–Trinajstić information content (AvgIpc) is 1.91. The normalized spacial score (nSPS) is 11.7. The summed E-state index contributed by atoms with van der Waals surface area (Å²) in [5.74, 6) is 0. The predicted molar refractivity (Wildman–Crippen MR) is 41.5 cm³/mol. The van der Waals surface area contributed by atoms with E-state index >= 15 is 0 Å². The molecular weight excluding hydrogens is 132 g/mol. The molecule has 0 aliphatic heterocycles. The molecule has 64 valence electrons. The van der Waals surface area contributed by atoms with E-state index in [4.69, 9.17) is 21.7 Å². The lowest BCUT2D eigenvalue weighted by Gasteiger charge is -1.91. The fourth-order valence-electron chi connectivity index (χ4n) is 0.0913. The molecule has 0 aromatic heterocycles. The van der Waals surface area contributed by atoms with Gasteiger partial charge in [-0.1, -0.05) is 0 Å². The highest BCUT2D eigenvalue weighted by Crippen LogP contribution is 1.65. The molecule has 6 N–H and O–H groups in total. The Kier molecular flexibility index (Phi) is 14.5. The number of rotatable bonds is 3. The van der Waals surface area contributed by atoms with E-state index in [1.807, 2.05) is 0 Å². The van der Waals surface area contributed by atoms with Crippen molar-refractivity contribution < 1.29 is 10.2 Å². The quantitative estimate of drug-likeness (QED) is 0.400. The monoisotopic (exact) mass is 150 g/mol. The Balaban J connectivity index is 0. The second kappa shape index (κ2) is 11.6. The molecule has 0 amide bonds. The van der Waals surface area contributed by atoms with Crippen molar-refractivity contribution in [2.24, 2.45) is 11.5 Å². The van der Waals surface area contributed by atoms with Crippen molar-refractivity contribution in [2.75, 3.05) is 19.7 Å². The Bertz CT molecular complexity index is 49.0. The van der Waals surface area contributed by atoms with Crippen molar-refractivity contribution in [1.29, 1.82) is 0 Å². The molecule has 10 heavy (non-hydrogen) atoms. The summed E-state index contributed by atoms with van der Waals surface area (Å²) in [5.41, 5.74) is 9.90. The number of hydrogen-bond acceptors (Lipinski definition) is 4. The second-order valence-electron chi connectivity index (χ2n) is 1.95. The third kappa shape index (κ3) is 24.9. The van der Waals surface area contributed by atoms with Gasteiger partial charge >= 0.3 is 0 Å². The van der Waals surface area contributed by atoms with E-state index in [-0.39, 0.29) is 12.7 Å². The summed E-state index contributed by atoms with van der Waals surface area (Å²) in [5, 5.41) is 16.2. The average molecular weight is 150 g/mol. The SMILES string of the molecule is CC(O)CN.NCCCO. The van der Waals surface area contributed by atoms with Crippen LogP contribution in [0.1, 0.15) is 13.3 Å². The third-order valence-electron chi connectivity index (χ3n) is 0.703. The van der Waals surface area contributed by atoms with E-state index in [9.17, 15) is 0 Å². The molecule has 0 saturated heterocycles. The van der Waals surface area contributed by atoms with Crippen LogP contribution in [-0.2, 0) is 0 Å². The zero-order chi connectivity index (χ0) is 8.41. The van der Waals surface area contributed by atoms with Gasteiger partial charge in [0.1, 0.15) is 0 Å². The molecule has 4 nitrogen and oxygen atoms in total. The highest BCUT2D eigenvalue weighted by molar-refractivity contribution is 4.40. The largest absolute Gasteiger partial charge is 0.396 e. The van der Waals surface area contributed by atoms with Gasteiger partial charge in [0.05, 0.1) is 6.10 Å². The van der Waals surface area contributed by atoms with Crippen LogP contribution in [0.3, 0.4) is 0 Å². The van der Waals surface area contributed by atoms with Crippen LogP contribution in [0.15, 0.2) is 0 Å². The molecule has 0 aliphatic carbocycles. The highest BCUT2D eigenvalue weighted by atomic mass is 16.3. The Labute approximate surface area is 61.8 Å². The van der Waals surface area contributed by atoms with E-state index in [0.717, 1.165) is 6.42 Å². The summed E-state index contributed by atoms with van der Waals surface area (Å²) >= 11 is 0. The second-order valence-corrected chi connectivity index (χ2v) is 1.95. The van der Waals surface area contributed by atoms with E-state index in [0.29, 0.717) is 13.1 Å². The third-order valence-corrected chi connectivity index (χ3v) is 0.703. The molecule has 0 spiro atoms. The van der Waals surface area contributed by atoms with Gasteiger partial charge in [-0.25, -0.2) is 0 Å². The summed E-state index contributed by atoms with van der Waals surface area (Å²) in [7, 11) is 0. The van der Waals surface area contributed by atoms with Crippen LogP contribution in [0.25, 0.3) is 0 Å². The standard InChI is InChI=1S/2C3H9NO/c1-3(5)2-4;4-2-1-3-5/h3,5H,2,4H2,1H3;5H,1-4H2. The van der Waals surface area contributed by atoms with Crippen molar-refractivity contribution >= 4 is 0 Å². The van der Waals surface area contributed by atoms with Crippen molar-refractivity contribution in [2.45, 2.75) is 19.4 Å². The number of aliphatic hydroxyl groups is 2. The van der Waals surface area contributed by atoms with Gasteiger partial charge in [0.15, 0.2) is 0 Å². The summed E-state index contributed by atoms with van der Waals surface area (Å²) in [6.07, 6.45) is 0.384. The number of aliphatic hydroxyl groups excluding tert-OH is 2. The van der Waals surface area contributed by atoms with Gasteiger partial charge in [-0.05, 0) is 19.9 Å². The van der Waals surface area contributed by atoms with E-state index < -0.39 is 0 Å². The summed E-state index contributed by atoms with van der Waals surface area (Å²) in [4.78, 5) is 0. The molecule has 0 aliphatic rings. The van der Waals surface area contributed by atoms with Gasteiger partial charge < -0.3 is 21.7 Å². The Hall–Kier alpha value is -0.160. The molecule has 0 aromatic rings. The Morgan fingerprint density at radius 2 is 1.80 bits per heavy atom. The van der Waals surface area contributed by atoms with Gasteiger partial charge in [0.25, 0.3) is 0 Å². The summed E-state index contributed by atoms with van der Waals surface area (Å²) in [6.45, 7) is 2.83. The van der Waals surface area contributed by atoms with Crippen LogP contribution < -0.4 is 11.5 Å². The van der Waals surface area contributed by atoms with E-state index in [1.165, 1.54) is 0 Å². The minimum Gasteiger partial charge on any atom is -0.396 e. The minimum absolute atomic E-state index is 0.219. The molecule has 0 bridgehead atoms. The lowest BCUT2D eigenvalue weighted by molar-refractivity contribution is 0.203. The molecular formula is C6H18N2O2. The molecule has 1 atom stereocenters. The van der Waals surface area contributed by atoms with E-state index in [2.05, 4.69) is 0 Å². The maximum Gasteiger partial charge on any atom is 0.0634 e. The van der Waals surface area contributed by atoms with Gasteiger partial charge in [-0.15, -0.1) is 0 Å². The first-order valence-corrected chi connectivity index (χ1v) is 3.38. The Morgan fingerprint density at radius 3 is 1.80 bits per heavy atom. The smallest absolute Gasteiger partial charge is 0.0634 e. The molecule has 0 aromatic carbocycles. The molecule has 0 rings (SSSR count). The fraction of sp³-hybridized carbons (Fsp3) is 1.00. The van der Waals surface area contributed by atoms with Crippen molar-refractivity contribution in [1.82, 2.24) is 0 Å². The van der Waals surface area contributed by atoms with Crippen LogP contribution in [0.5, 0.6) is 0 Å². The molecule has 0 radical (unpaired) electrons. The van der Waals surface area contributed by atoms with Crippen LogP contribution in [0.4, 0.5) is 0 Å². The molecule has 0 heterocycles. The van der Waals surface area contributed by atoms with Crippen molar-refractivity contribution in [3.05, 3.63) is 0 Å². The first-order chi connectivity index (χ1) is 4.68. The minimum atomic E-state index is -0.338. The van der Waals surface area contributed by atoms with Gasteiger partial charge in [0.2, 0.25) is 0 Å². The van der Waals surface area contributed by atoms with Gasteiger partial charge in [-0.3, -0.25) is 0 Å². The van der Waals surface area contributed by atoms with Crippen LogP contribution in [-0.4, -0.2) is 36.0 Å². The lowest BCUT2D eigenvalue weighted by Crippen LogP contribution is -2.14. The number of hydrogen-bond donors (Lipinski definition) is 4. The Morgan fingerprint density at radius 1 is 1.40 bits per heavy atom. The van der Waals surface area contributed by atoms with Crippen molar-refractivity contribution in [3.63, 3.8) is 0 Å². The molecule has 0 fully saturated rings. The lowest BCUT2D eigenvalue weighted by atomic mass is 10.4. The first-order valence-electron chi connectivity index (χ1n) is 3.38. The molecule has 0 saturated carbocycles. The predicted octanol–water partition coefficient (Wildman–Crippen LogP) is -1.35. The number of nitrogens with two attached hydrogens (primary N) is 2. The van der Waals surface area contributed by atoms with Crippen LogP contribution >= 0.6 is 0 Å². The van der Waals surface area contributed by atoms with Gasteiger partial charge in [0, 0.05) is 13.2 Å². The summed E-state index contributed by atoms with van der Waals surface area (Å²) < 4.78 is 0. The van der Waals surface area contributed by atoms with Gasteiger partial charge in [-0.2, -0.15) is 0 Å².